The Labute approximate surface area is 459 Å². The van der Waals surface area contributed by atoms with E-state index in [1.54, 1.807) is 7.11 Å². The van der Waals surface area contributed by atoms with Crippen LogP contribution in [0.4, 0.5) is 0 Å². The third-order valence-corrected chi connectivity index (χ3v) is 10.2. The Morgan fingerprint density at radius 3 is 1.04 bits per heavy atom. The molecule has 0 fully saturated rings. The molecule has 0 aliphatic heterocycles. The van der Waals surface area contributed by atoms with Gasteiger partial charge in [-0.2, -0.15) is 0 Å². The van der Waals surface area contributed by atoms with E-state index in [1.807, 2.05) is 0 Å². The summed E-state index contributed by atoms with van der Waals surface area (Å²) in [5.41, 5.74) is 43.3. The Balaban J connectivity index is 5.29. The first kappa shape index (κ1) is 71.6. The zero-order chi connectivity index (χ0) is 59.1. The third kappa shape index (κ3) is 43.3. The molecule has 0 saturated heterocycles. The summed E-state index contributed by atoms with van der Waals surface area (Å²) in [4.78, 5) is 120. The highest BCUT2D eigenvalue weighted by Gasteiger charge is 2.29. The van der Waals surface area contributed by atoms with E-state index in [0.29, 0.717) is 72.3 Å². The van der Waals surface area contributed by atoms with Gasteiger partial charge in [0, 0.05) is 46.8 Å². The van der Waals surface area contributed by atoms with Crippen LogP contribution >= 0.6 is 0 Å². The first-order valence-electron chi connectivity index (χ1n) is 25.6. The van der Waals surface area contributed by atoms with Gasteiger partial charge >= 0.3 is 0 Å². The predicted molar refractivity (Wildman–Crippen MR) is 291 cm³/mol. The highest BCUT2D eigenvalue weighted by molar-refractivity contribution is 5.95. The van der Waals surface area contributed by atoms with E-state index >= 15 is 0 Å². The van der Waals surface area contributed by atoms with Crippen molar-refractivity contribution in [3.05, 3.63) is 0 Å². The van der Waals surface area contributed by atoms with Gasteiger partial charge in [-0.25, -0.2) is 0 Å². The molecule has 0 aliphatic carbocycles. The van der Waals surface area contributed by atoms with Gasteiger partial charge in [-0.3, -0.25) is 58.3 Å². The molecule has 0 aliphatic rings. The maximum absolute atomic E-state index is 13.8. The third-order valence-electron chi connectivity index (χ3n) is 10.2. The molecule has 0 rings (SSSR count). The van der Waals surface area contributed by atoms with Gasteiger partial charge in [0.25, 0.3) is 0 Å². The average molecular weight is 1130 g/mol. The molecule has 3 unspecified atom stereocenters. The van der Waals surface area contributed by atoms with Crippen molar-refractivity contribution in [2.24, 2.45) is 65.8 Å². The zero-order valence-electron chi connectivity index (χ0n) is 45.5. The van der Waals surface area contributed by atoms with E-state index in [1.165, 1.54) is 6.92 Å². The van der Waals surface area contributed by atoms with Crippen molar-refractivity contribution in [3.63, 3.8) is 0 Å². The van der Waals surface area contributed by atoms with Crippen molar-refractivity contribution >= 4 is 71.1 Å². The molecule has 452 valence electrons. The van der Waals surface area contributed by atoms with Crippen molar-refractivity contribution in [2.45, 2.75) is 82.5 Å². The number of hydrogen-bond donors (Lipinski definition) is 16. The Kier molecular flexibility index (Phi) is 42.3. The number of amides is 8. The highest BCUT2D eigenvalue weighted by atomic mass is 16.6. The molecule has 0 aromatic heterocycles. The summed E-state index contributed by atoms with van der Waals surface area (Å²) in [7, 11) is 1.60. The number of ether oxygens (including phenoxy) is 6. The van der Waals surface area contributed by atoms with Gasteiger partial charge in [-0.15, -0.1) is 0 Å². The second-order valence-electron chi connectivity index (χ2n) is 16.9. The van der Waals surface area contributed by atoms with E-state index in [0.717, 1.165) is 0 Å². The summed E-state index contributed by atoms with van der Waals surface area (Å²) in [6, 6.07) is -4.69. The van der Waals surface area contributed by atoms with Crippen LogP contribution in [0.3, 0.4) is 0 Å². The Morgan fingerprint density at radius 2 is 0.671 bits per heavy atom. The van der Waals surface area contributed by atoms with Crippen LogP contribution in [-0.4, -0.2) is 227 Å². The molecular weight excluding hydrogens is 1040 g/mol. The largest absolute Gasteiger partial charge is 0.382 e. The fraction of sp³-hybridized carbons (Fsp3) is 0.733. The van der Waals surface area contributed by atoms with E-state index in [4.69, 9.17) is 74.3 Å². The molecular formula is C45H88N20O14. The van der Waals surface area contributed by atoms with Crippen molar-refractivity contribution in [1.29, 1.82) is 0 Å². The summed E-state index contributed by atoms with van der Waals surface area (Å²) >= 11 is 0. The van der Waals surface area contributed by atoms with Crippen LogP contribution in [-0.2, 0) is 66.8 Å². The van der Waals surface area contributed by atoms with Gasteiger partial charge < -0.3 is 117 Å². The molecule has 0 bridgehead atoms. The lowest BCUT2D eigenvalue weighted by molar-refractivity contribution is -0.134. The minimum Gasteiger partial charge on any atom is -0.382 e. The lowest BCUT2D eigenvalue weighted by Gasteiger charge is -2.25. The molecule has 24 N–H and O–H groups in total. The standard InChI is InChI=1S/C45H88N20O14/c1-30(66)62-33(9-5-13-57-44(50)51)40(72)65-34(10-6-14-58-45(52)53)41(73)64-32(8-4-12-56-43(48)49)39(71)61-28-36(68)59-27-35(67)60-29-37(69)63-31(7-3-11-55-42(46)47)38(70)54-15-16-75-19-20-77-23-24-79-26-25-78-22-21-76-18-17-74-2/h31-34H,3-29H2,1-2H3,(H,54,70)(H,59,68)(H,60,67)(H,61,71)(H,62,66)(H,63,69)(H,64,73)(H,65,72)(H4,46,47,55)(H4,48,49,56)(H4,50,51,57)(H4,52,53,58)/t31?,32?,33?,34-/m1/s1. The van der Waals surface area contributed by atoms with Gasteiger partial charge in [0.1, 0.15) is 24.2 Å². The van der Waals surface area contributed by atoms with Crippen molar-refractivity contribution in [2.75, 3.05) is 132 Å². The lowest BCUT2D eigenvalue weighted by atomic mass is 10.1. The number of nitrogens with one attached hydrogen (secondary N) is 8. The molecule has 8 amide bonds. The highest BCUT2D eigenvalue weighted by Crippen LogP contribution is 2.07. The maximum atomic E-state index is 13.8. The van der Waals surface area contributed by atoms with Crippen molar-refractivity contribution in [1.82, 2.24) is 42.5 Å². The second-order valence-corrected chi connectivity index (χ2v) is 16.9. The quantitative estimate of drug-likeness (QED) is 0.0153. The fourth-order valence-corrected chi connectivity index (χ4v) is 6.39. The van der Waals surface area contributed by atoms with Crippen LogP contribution in [0.1, 0.15) is 58.3 Å². The van der Waals surface area contributed by atoms with Gasteiger partial charge in [-0.1, -0.05) is 0 Å². The van der Waals surface area contributed by atoms with Gasteiger partial charge in [0.2, 0.25) is 47.3 Å². The molecule has 0 aromatic rings. The zero-order valence-corrected chi connectivity index (χ0v) is 45.5. The van der Waals surface area contributed by atoms with Gasteiger partial charge in [-0.05, 0) is 51.4 Å². The smallest absolute Gasteiger partial charge is 0.243 e. The number of hydrogen-bond acceptors (Lipinski definition) is 18. The first-order chi connectivity index (χ1) is 37.7. The summed E-state index contributed by atoms with van der Waals surface area (Å²) < 4.78 is 32.0. The monoisotopic (exact) mass is 1130 g/mol. The van der Waals surface area contributed by atoms with E-state index < -0.39 is 91.1 Å². The molecule has 0 radical (unpaired) electrons. The second kappa shape index (κ2) is 46.7. The number of carbonyl (C=O) groups excluding carboxylic acids is 8. The normalized spacial score (nSPS) is 12.2. The Bertz CT molecular complexity index is 1920. The molecule has 0 spiro atoms. The Hall–Kier alpha value is -7.40. The summed E-state index contributed by atoms with van der Waals surface area (Å²) in [5.74, 6) is -6.44. The van der Waals surface area contributed by atoms with Crippen LogP contribution in [0.2, 0.25) is 0 Å². The number of nitrogens with two attached hydrogens (primary N) is 8. The number of aliphatic imine (C=N–C) groups is 4. The minimum absolute atomic E-state index is 0.0153. The van der Waals surface area contributed by atoms with E-state index in [-0.39, 0.29) is 108 Å². The number of methoxy groups -OCH3 is 1. The average Bonchev–Trinajstić information content (AvgIpc) is 3.39. The first-order valence-corrected chi connectivity index (χ1v) is 25.6. The van der Waals surface area contributed by atoms with Crippen LogP contribution in [0.5, 0.6) is 0 Å². The molecule has 34 nitrogen and oxygen atoms in total. The summed E-state index contributed by atoms with van der Waals surface area (Å²) in [6.07, 6.45) is 1.17. The maximum Gasteiger partial charge on any atom is 0.243 e. The predicted octanol–water partition coefficient (Wildman–Crippen LogP) is -8.65. The number of guanidine groups is 4. The molecule has 0 aromatic carbocycles. The summed E-state index contributed by atoms with van der Waals surface area (Å²) in [6.45, 7) is 4.20. The SMILES string of the molecule is COCCOCCOCCOCCOCCOCCNC(=O)C(CCCN=C(N)N)NC(=O)CNC(=O)CNC(=O)CNC(=O)C(CCCN=C(N)N)NC(=O)[C@@H](CCCN=C(N)N)NC(=O)C(CCCN=C(N)N)NC(C)=O. The van der Waals surface area contributed by atoms with E-state index in [9.17, 15) is 38.4 Å². The molecule has 0 saturated carbocycles. The van der Waals surface area contributed by atoms with Crippen molar-refractivity contribution < 1.29 is 66.8 Å². The van der Waals surface area contributed by atoms with E-state index in [2.05, 4.69) is 62.5 Å². The summed E-state index contributed by atoms with van der Waals surface area (Å²) in [5, 5.41) is 20.0. The molecule has 4 atom stereocenters. The van der Waals surface area contributed by atoms with Crippen LogP contribution < -0.4 is 88.4 Å². The number of nitrogens with zero attached hydrogens (tertiary/aromatic N) is 4. The topological polar surface area (TPSA) is 546 Å². The molecule has 34 heteroatoms. The molecule has 79 heavy (non-hydrogen) atoms. The van der Waals surface area contributed by atoms with Crippen molar-refractivity contribution in [3.8, 4) is 0 Å². The van der Waals surface area contributed by atoms with Crippen LogP contribution in [0.25, 0.3) is 0 Å². The lowest BCUT2D eigenvalue weighted by Crippen LogP contribution is -2.57. The van der Waals surface area contributed by atoms with Crippen LogP contribution in [0.15, 0.2) is 20.0 Å². The van der Waals surface area contributed by atoms with Gasteiger partial charge in [0.15, 0.2) is 23.8 Å². The van der Waals surface area contributed by atoms with Gasteiger partial charge in [0.05, 0.1) is 92.3 Å². The van der Waals surface area contributed by atoms with Crippen LogP contribution in [0, 0.1) is 0 Å². The fourth-order valence-electron chi connectivity index (χ4n) is 6.39. The number of rotatable bonds is 48. The minimum atomic E-state index is -1.30. The number of carbonyl (C=O) groups is 8. The molecule has 0 heterocycles. The Morgan fingerprint density at radius 1 is 0.367 bits per heavy atom.